The van der Waals surface area contributed by atoms with Crippen LogP contribution in [-0.2, 0) is 11.3 Å². The van der Waals surface area contributed by atoms with Crippen molar-refractivity contribution in [1.29, 1.82) is 0 Å². The molecule has 1 aliphatic rings. The molecule has 1 heterocycles. The second-order valence-electron chi connectivity index (χ2n) is 6.12. The first-order chi connectivity index (χ1) is 10.6. The second-order valence-corrected chi connectivity index (χ2v) is 6.12. The van der Waals surface area contributed by atoms with Crippen molar-refractivity contribution in [3.8, 4) is 5.88 Å². The molecule has 2 rings (SSSR count). The van der Waals surface area contributed by atoms with Gasteiger partial charge >= 0.3 is 0 Å². The predicted molar refractivity (Wildman–Crippen MR) is 86.4 cm³/mol. The highest BCUT2D eigenvalue weighted by molar-refractivity contribution is 5.81. The summed E-state index contributed by atoms with van der Waals surface area (Å²) in [4.78, 5) is 16.4. The number of pyridine rings is 1. The summed E-state index contributed by atoms with van der Waals surface area (Å²) < 4.78 is 5.97. The fourth-order valence-electron chi connectivity index (χ4n) is 2.64. The van der Waals surface area contributed by atoms with E-state index in [0.29, 0.717) is 12.4 Å². The number of carbonyl (C=O) groups is 1. The number of ether oxygens (including phenoxy) is 1. The van der Waals surface area contributed by atoms with E-state index in [-0.39, 0.29) is 17.9 Å². The van der Waals surface area contributed by atoms with Gasteiger partial charge in [-0.2, -0.15) is 0 Å². The van der Waals surface area contributed by atoms with Gasteiger partial charge in [-0.3, -0.25) is 4.79 Å². The van der Waals surface area contributed by atoms with Crippen molar-refractivity contribution in [2.75, 3.05) is 0 Å². The van der Waals surface area contributed by atoms with Crippen molar-refractivity contribution in [2.45, 2.75) is 64.6 Å². The Morgan fingerprint density at radius 1 is 1.50 bits per heavy atom. The largest absolute Gasteiger partial charge is 0.474 e. The molecule has 2 atom stereocenters. The summed E-state index contributed by atoms with van der Waals surface area (Å²) in [6, 6.07) is 3.32. The molecule has 5 nitrogen and oxygen atoms in total. The van der Waals surface area contributed by atoms with Crippen molar-refractivity contribution in [2.24, 2.45) is 11.7 Å². The summed E-state index contributed by atoms with van der Waals surface area (Å²) in [5, 5.41) is 2.90. The Balaban J connectivity index is 1.93. The van der Waals surface area contributed by atoms with Gasteiger partial charge in [-0.25, -0.2) is 4.98 Å². The quantitative estimate of drug-likeness (QED) is 0.811. The molecule has 5 heteroatoms. The van der Waals surface area contributed by atoms with Crippen LogP contribution in [0.15, 0.2) is 18.3 Å². The maximum Gasteiger partial charge on any atom is 0.237 e. The lowest BCUT2D eigenvalue weighted by atomic mass is 9.99. The van der Waals surface area contributed by atoms with Crippen LogP contribution < -0.4 is 15.8 Å². The topological polar surface area (TPSA) is 77.2 Å². The first-order valence-electron chi connectivity index (χ1n) is 8.25. The number of nitrogens with one attached hydrogen (secondary N) is 1. The van der Waals surface area contributed by atoms with Gasteiger partial charge in [0.15, 0.2) is 0 Å². The van der Waals surface area contributed by atoms with E-state index in [1.807, 2.05) is 26.0 Å². The van der Waals surface area contributed by atoms with Crippen molar-refractivity contribution >= 4 is 5.91 Å². The molecular weight excluding hydrogens is 278 g/mol. The molecule has 0 saturated heterocycles. The molecule has 2 unspecified atom stereocenters. The van der Waals surface area contributed by atoms with Crippen molar-refractivity contribution in [3.05, 3.63) is 23.9 Å². The van der Waals surface area contributed by atoms with Crippen LogP contribution in [0.1, 0.15) is 51.5 Å². The van der Waals surface area contributed by atoms with Crippen molar-refractivity contribution in [1.82, 2.24) is 10.3 Å². The van der Waals surface area contributed by atoms with Crippen LogP contribution in [0, 0.1) is 5.92 Å². The molecule has 1 aliphatic carbocycles. The molecule has 0 aromatic carbocycles. The minimum atomic E-state index is -0.471. The van der Waals surface area contributed by atoms with Gasteiger partial charge in [0.2, 0.25) is 11.8 Å². The van der Waals surface area contributed by atoms with E-state index < -0.39 is 6.04 Å². The number of rotatable bonds is 7. The molecule has 1 aromatic heterocycles. The van der Waals surface area contributed by atoms with E-state index in [9.17, 15) is 4.79 Å². The van der Waals surface area contributed by atoms with Crippen LogP contribution in [0.5, 0.6) is 5.88 Å². The Kier molecular flexibility index (Phi) is 6.19. The van der Waals surface area contributed by atoms with E-state index in [1.165, 1.54) is 12.8 Å². The lowest BCUT2D eigenvalue weighted by Gasteiger charge is -2.19. The van der Waals surface area contributed by atoms with E-state index in [1.54, 1.807) is 6.20 Å². The Bertz CT molecular complexity index is 487. The number of carbonyl (C=O) groups excluding carboxylic acids is 1. The zero-order valence-electron chi connectivity index (χ0n) is 13.5. The minimum absolute atomic E-state index is 0.120. The van der Waals surface area contributed by atoms with E-state index in [4.69, 9.17) is 10.5 Å². The van der Waals surface area contributed by atoms with Gasteiger partial charge in [0, 0.05) is 18.3 Å². The molecule has 3 N–H and O–H groups in total. The minimum Gasteiger partial charge on any atom is -0.474 e. The van der Waals surface area contributed by atoms with Crippen LogP contribution >= 0.6 is 0 Å². The molecule has 1 amide bonds. The molecule has 122 valence electrons. The number of hydrogen-bond donors (Lipinski definition) is 2. The zero-order valence-corrected chi connectivity index (χ0v) is 13.5. The van der Waals surface area contributed by atoms with E-state index in [2.05, 4.69) is 10.3 Å². The molecule has 1 aromatic rings. The third-order valence-corrected chi connectivity index (χ3v) is 4.44. The monoisotopic (exact) mass is 305 g/mol. The number of amides is 1. The standard InChI is InChI=1S/C17H27N3O2/c1-3-12(2)15(18)16(21)20-11-13-7-6-10-19-17(13)22-14-8-4-5-9-14/h6-7,10,12,14-15H,3-5,8-9,11,18H2,1-2H3,(H,20,21). The number of nitrogens with two attached hydrogens (primary N) is 1. The fraction of sp³-hybridized carbons (Fsp3) is 0.647. The van der Waals surface area contributed by atoms with Crippen molar-refractivity contribution < 1.29 is 9.53 Å². The third kappa shape index (κ3) is 4.44. The summed E-state index contributed by atoms with van der Waals surface area (Å²) >= 11 is 0. The van der Waals surface area contributed by atoms with Crippen molar-refractivity contribution in [3.63, 3.8) is 0 Å². The average molecular weight is 305 g/mol. The molecule has 0 aliphatic heterocycles. The Morgan fingerprint density at radius 2 is 2.23 bits per heavy atom. The number of aromatic nitrogens is 1. The fourth-order valence-corrected chi connectivity index (χ4v) is 2.64. The van der Waals surface area contributed by atoms with Crippen LogP contribution in [-0.4, -0.2) is 23.0 Å². The van der Waals surface area contributed by atoms with E-state index in [0.717, 1.165) is 24.8 Å². The molecular formula is C17H27N3O2. The van der Waals surface area contributed by atoms with Gasteiger partial charge in [-0.05, 0) is 37.7 Å². The maximum absolute atomic E-state index is 12.1. The zero-order chi connectivity index (χ0) is 15.9. The average Bonchev–Trinajstić information content (AvgIpc) is 3.05. The van der Waals surface area contributed by atoms with E-state index >= 15 is 0 Å². The Morgan fingerprint density at radius 3 is 2.91 bits per heavy atom. The van der Waals surface area contributed by atoms with Crippen LogP contribution in [0.4, 0.5) is 0 Å². The highest BCUT2D eigenvalue weighted by atomic mass is 16.5. The first kappa shape index (κ1) is 16.7. The molecule has 0 radical (unpaired) electrons. The summed E-state index contributed by atoms with van der Waals surface area (Å²) in [6.45, 7) is 4.42. The lowest BCUT2D eigenvalue weighted by Crippen LogP contribution is -2.44. The van der Waals surface area contributed by atoms with Gasteiger partial charge in [-0.1, -0.05) is 26.3 Å². The van der Waals surface area contributed by atoms with Gasteiger partial charge in [0.1, 0.15) is 6.10 Å². The number of nitrogens with zero attached hydrogens (tertiary/aromatic N) is 1. The molecule has 0 spiro atoms. The smallest absolute Gasteiger partial charge is 0.237 e. The summed E-state index contributed by atoms with van der Waals surface area (Å²) in [6.07, 6.45) is 7.47. The Hall–Kier alpha value is -1.62. The van der Waals surface area contributed by atoms with Crippen LogP contribution in [0.25, 0.3) is 0 Å². The first-order valence-corrected chi connectivity index (χ1v) is 8.25. The van der Waals surface area contributed by atoms with Gasteiger partial charge in [0.05, 0.1) is 6.04 Å². The summed E-state index contributed by atoms with van der Waals surface area (Å²) in [5.74, 6) is 0.680. The Labute approximate surface area is 132 Å². The highest BCUT2D eigenvalue weighted by Gasteiger charge is 2.21. The molecule has 22 heavy (non-hydrogen) atoms. The molecule has 1 fully saturated rings. The number of hydrogen-bond acceptors (Lipinski definition) is 4. The van der Waals surface area contributed by atoms with Crippen LogP contribution in [0.2, 0.25) is 0 Å². The second kappa shape index (κ2) is 8.13. The maximum atomic E-state index is 12.1. The lowest BCUT2D eigenvalue weighted by molar-refractivity contribution is -0.123. The summed E-state index contributed by atoms with van der Waals surface area (Å²) in [7, 11) is 0. The normalized spacial score (nSPS) is 18.0. The molecule has 1 saturated carbocycles. The van der Waals surface area contributed by atoms with Crippen LogP contribution in [0.3, 0.4) is 0 Å². The summed E-state index contributed by atoms with van der Waals surface area (Å²) in [5.41, 5.74) is 6.85. The highest BCUT2D eigenvalue weighted by Crippen LogP contribution is 2.24. The predicted octanol–water partition coefficient (Wildman–Crippen LogP) is 2.39. The SMILES string of the molecule is CCC(C)C(N)C(=O)NCc1cccnc1OC1CCCC1. The van der Waals surface area contributed by atoms with Gasteiger partial charge in [-0.15, -0.1) is 0 Å². The third-order valence-electron chi connectivity index (χ3n) is 4.44. The van der Waals surface area contributed by atoms with Gasteiger partial charge in [0.25, 0.3) is 0 Å². The molecule has 0 bridgehead atoms. The van der Waals surface area contributed by atoms with Gasteiger partial charge < -0.3 is 15.8 Å².